The lowest BCUT2D eigenvalue weighted by Gasteiger charge is -2.36. The van der Waals surface area contributed by atoms with Crippen molar-refractivity contribution in [3.8, 4) is 0 Å². The Kier molecular flexibility index (Phi) is 3.27. The highest BCUT2D eigenvalue weighted by Gasteiger charge is 2.53. The number of nitrogens with zero attached hydrogens (tertiary/aromatic N) is 1. The molecule has 2 heterocycles. The van der Waals surface area contributed by atoms with Crippen molar-refractivity contribution in [3.63, 3.8) is 0 Å². The lowest BCUT2D eigenvalue weighted by Crippen LogP contribution is -2.44. The first-order valence-electron chi connectivity index (χ1n) is 6.85. The fraction of sp³-hybridized carbons (Fsp3) is 0.533. The third kappa shape index (κ3) is 2.05. The van der Waals surface area contributed by atoms with Crippen LogP contribution in [0.1, 0.15) is 24.3 Å². The number of benzene rings is 1. The molecule has 2 aliphatic rings. The number of halogens is 1. The molecule has 102 valence electrons. The first-order chi connectivity index (χ1) is 9.13. The molecule has 0 saturated carbocycles. The molecule has 3 nitrogen and oxygen atoms in total. The van der Waals surface area contributed by atoms with Gasteiger partial charge in [-0.15, -0.1) is 0 Å². The Morgan fingerprint density at radius 3 is 2.53 bits per heavy atom. The van der Waals surface area contributed by atoms with E-state index in [1.807, 2.05) is 24.1 Å². The van der Waals surface area contributed by atoms with Gasteiger partial charge in [-0.25, -0.2) is 0 Å². The van der Waals surface area contributed by atoms with Crippen LogP contribution in [0.2, 0.25) is 5.02 Å². The Hall–Kier alpha value is -1.06. The van der Waals surface area contributed by atoms with Crippen LogP contribution in [-0.2, 0) is 4.79 Å². The van der Waals surface area contributed by atoms with Gasteiger partial charge in [0.15, 0.2) is 0 Å². The van der Waals surface area contributed by atoms with Gasteiger partial charge in [0.1, 0.15) is 0 Å². The molecule has 1 atom stereocenters. The summed E-state index contributed by atoms with van der Waals surface area (Å²) in [5, 5.41) is 4.11. The van der Waals surface area contributed by atoms with Crippen molar-refractivity contribution >= 4 is 17.5 Å². The van der Waals surface area contributed by atoms with Crippen LogP contribution in [0.15, 0.2) is 24.3 Å². The maximum absolute atomic E-state index is 12.6. The number of likely N-dealkylation sites (N-methyl/N-ethyl adjacent to an activating group) is 1. The highest BCUT2D eigenvalue weighted by molar-refractivity contribution is 6.30. The second-order valence-electron chi connectivity index (χ2n) is 5.70. The lowest BCUT2D eigenvalue weighted by atomic mass is 9.68. The molecule has 3 rings (SSSR count). The SMILES string of the molecule is CN1CC(c2ccc(Cl)cc2)C2(CCNCC2)C1=O. The molecule has 2 saturated heterocycles. The van der Waals surface area contributed by atoms with Gasteiger partial charge < -0.3 is 10.2 Å². The summed E-state index contributed by atoms with van der Waals surface area (Å²) in [5.74, 6) is 0.610. The summed E-state index contributed by atoms with van der Waals surface area (Å²) in [6, 6.07) is 8.00. The highest BCUT2D eigenvalue weighted by Crippen LogP contribution is 2.49. The number of hydrogen-bond acceptors (Lipinski definition) is 2. The second kappa shape index (κ2) is 4.80. The maximum Gasteiger partial charge on any atom is 0.229 e. The molecular formula is C15H19ClN2O. The standard InChI is InChI=1S/C15H19ClN2O/c1-18-10-13(11-2-4-12(16)5-3-11)15(14(18)19)6-8-17-9-7-15/h2-5,13,17H,6-10H2,1H3. The van der Waals surface area contributed by atoms with Crippen molar-refractivity contribution in [2.75, 3.05) is 26.7 Å². The average molecular weight is 279 g/mol. The Balaban J connectivity index is 1.98. The summed E-state index contributed by atoms with van der Waals surface area (Å²) in [5.41, 5.74) is 1.04. The fourth-order valence-corrected chi connectivity index (χ4v) is 3.74. The van der Waals surface area contributed by atoms with E-state index in [1.165, 1.54) is 5.56 Å². The van der Waals surface area contributed by atoms with Crippen LogP contribution in [0, 0.1) is 5.41 Å². The number of rotatable bonds is 1. The summed E-state index contributed by atoms with van der Waals surface area (Å²) in [4.78, 5) is 14.5. The molecule has 2 aliphatic heterocycles. The van der Waals surface area contributed by atoms with Gasteiger partial charge >= 0.3 is 0 Å². The Bertz CT molecular complexity index is 479. The third-order valence-electron chi connectivity index (χ3n) is 4.66. The molecule has 0 aliphatic carbocycles. The first kappa shape index (κ1) is 12.9. The second-order valence-corrected chi connectivity index (χ2v) is 6.13. The first-order valence-corrected chi connectivity index (χ1v) is 7.23. The number of piperidine rings is 1. The van der Waals surface area contributed by atoms with Crippen LogP contribution < -0.4 is 5.32 Å². The van der Waals surface area contributed by atoms with Crippen molar-refractivity contribution in [2.45, 2.75) is 18.8 Å². The predicted molar refractivity (Wildman–Crippen MR) is 76.4 cm³/mol. The smallest absolute Gasteiger partial charge is 0.229 e. The van der Waals surface area contributed by atoms with Crippen LogP contribution >= 0.6 is 11.6 Å². The Morgan fingerprint density at radius 1 is 1.26 bits per heavy atom. The van der Waals surface area contributed by atoms with E-state index in [9.17, 15) is 4.79 Å². The van der Waals surface area contributed by atoms with Gasteiger partial charge in [-0.3, -0.25) is 4.79 Å². The van der Waals surface area contributed by atoms with Crippen LogP contribution in [0.4, 0.5) is 0 Å². The largest absolute Gasteiger partial charge is 0.345 e. The molecule has 19 heavy (non-hydrogen) atoms. The van der Waals surface area contributed by atoms with Gasteiger partial charge in [0, 0.05) is 24.5 Å². The molecule has 0 radical (unpaired) electrons. The fourth-order valence-electron chi connectivity index (χ4n) is 3.62. The van der Waals surface area contributed by atoms with Gasteiger partial charge in [-0.2, -0.15) is 0 Å². The molecule has 1 aromatic rings. The van der Waals surface area contributed by atoms with Gasteiger partial charge in [0.2, 0.25) is 5.91 Å². The molecule has 1 amide bonds. The zero-order chi connectivity index (χ0) is 13.5. The normalized spacial score (nSPS) is 26.1. The van der Waals surface area contributed by atoms with Gasteiger partial charge in [-0.05, 0) is 43.6 Å². The third-order valence-corrected chi connectivity index (χ3v) is 4.92. The number of hydrogen-bond donors (Lipinski definition) is 1. The van der Waals surface area contributed by atoms with E-state index in [1.54, 1.807) is 0 Å². The molecular weight excluding hydrogens is 260 g/mol. The minimum absolute atomic E-state index is 0.201. The summed E-state index contributed by atoms with van der Waals surface area (Å²) >= 11 is 5.97. The molecule has 0 aromatic heterocycles. The van der Waals surface area contributed by atoms with E-state index in [4.69, 9.17) is 11.6 Å². The number of carbonyl (C=O) groups is 1. The summed E-state index contributed by atoms with van der Waals surface area (Å²) in [6.45, 7) is 2.69. The predicted octanol–water partition coefficient (Wildman–Crippen LogP) is 2.27. The number of carbonyl (C=O) groups excluding carboxylic acids is 1. The number of likely N-dealkylation sites (tertiary alicyclic amines) is 1. The molecule has 1 N–H and O–H groups in total. The van der Waals surface area contributed by atoms with Crippen molar-refractivity contribution in [1.29, 1.82) is 0 Å². The number of nitrogens with one attached hydrogen (secondary N) is 1. The van der Waals surface area contributed by atoms with Crippen LogP contribution in [-0.4, -0.2) is 37.5 Å². The highest BCUT2D eigenvalue weighted by atomic mass is 35.5. The van der Waals surface area contributed by atoms with Crippen molar-refractivity contribution < 1.29 is 4.79 Å². The quantitative estimate of drug-likeness (QED) is 0.855. The number of amides is 1. The Labute approximate surface area is 118 Å². The van der Waals surface area contributed by atoms with Gasteiger partial charge in [-0.1, -0.05) is 23.7 Å². The zero-order valence-electron chi connectivity index (χ0n) is 11.2. The van der Waals surface area contributed by atoms with Crippen molar-refractivity contribution in [1.82, 2.24) is 10.2 Å². The van der Waals surface area contributed by atoms with E-state index >= 15 is 0 Å². The molecule has 2 fully saturated rings. The summed E-state index contributed by atoms with van der Waals surface area (Å²) < 4.78 is 0. The summed E-state index contributed by atoms with van der Waals surface area (Å²) in [7, 11) is 1.92. The summed E-state index contributed by atoms with van der Waals surface area (Å²) in [6.07, 6.45) is 1.87. The molecule has 0 bridgehead atoms. The van der Waals surface area contributed by atoms with E-state index in [0.717, 1.165) is 37.5 Å². The van der Waals surface area contributed by atoms with Crippen LogP contribution in [0.5, 0.6) is 0 Å². The van der Waals surface area contributed by atoms with E-state index in [2.05, 4.69) is 17.4 Å². The van der Waals surface area contributed by atoms with Gasteiger partial charge in [0.25, 0.3) is 0 Å². The van der Waals surface area contributed by atoms with Crippen molar-refractivity contribution in [3.05, 3.63) is 34.9 Å². The molecule has 4 heteroatoms. The minimum atomic E-state index is -0.201. The van der Waals surface area contributed by atoms with Crippen LogP contribution in [0.3, 0.4) is 0 Å². The van der Waals surface area contributed by atoms with E-state index in [-0.39, 0.29) is 5.41 Å². The van der Waals surface area contributed by atoms with Crippen molar-refractivity contribution in [2.24, 2.45) is 5.41 Å². The zero-order valence-corrected chi connectivity index (χ0v) is 11.9. The van der Waals surface area contributed by atoms with Crippen LogP contribution in [0.25, 0.3) is 0 Å². The molecule has 1 unspecified atom stereocenters. The maximum atomic E-state index is 12.6. The lowest BCUT2D eigenvalue weighted by molar-refractivity contribution is -0.136. The Morgan fingerprint density at radius 2 is 1.89 bits per heavy atom. The molecule has 1 aromatic carbocycles. The topological polar surface area (TPSA) is 32.3 Å². The molecule has 1 spiro atoms. The van der Waals surface area contributed by atoms with Gasteiger partial charge in [0.05, 0.1) is 5.41 Å². The van der Waals surface area contributed by atoms with E-state index in [0.29, 0.717) is 11.8 Å². The monoisotopic (exact) mass is 278 g/mol. The minimum Gasteiger partial charge on any atom is -0.345 e. The average Bonchev–Trinajstić information content (AvgIpc) is 2.66. The van der Waals surface area contributed by atoms with E-state index < -0.39 is 0 Å².